The van der Waals surface area contributed by atoms with Crippen molar-refractivity contribution in [3.63, 3.8) is 0 Å². The van der Waals surface area contributed by atoms with Gasteiger partial charge in [0.1, 0.15) is 6.54 Å². The van der Waals surface area contributed by atoms with E-state index in [4.69, 9.17) is 4.74 Å². The van der Waals surface area contributed by atoms with Crippen molar-refractivity contribution in [1.29, 1.82) is 0 Å². The summed E-state index contributed by atoms with van der Waals surface area (Å²) in [4.78, 5) is 12.8. The molecule has 7 heteroatoms. The first-order chi connectivity index (χ1) is 13.8. The van der Waals surface area contributed by atoms with Crippen LogP contribution >= 0.6 is 0 Å². The van der Waals surface area contributed by atoms with Crippen LogP contribution in [0.2, 0.25) is 0 Å². The van der Waals surface area contributed by atoms with Crippen molar-refractivity contribution in [3.8, 4) is 0 Å². The van der Waals surface area contributed by atoms with Gasteiger partial charge in [-0.25, -0.2) is 8.42 Å². The topological polar surface area (TPSA) is 75.7 Å². The molecule has 1 heterocycles. The number of hydrogen-bond donors (Lipinski definition) is 1. The molecule has 6 nitrogen and oxygen atoms in total. The van der Waals surface area contributed by atoms with E-state index in [-0.39, 0.29) is 23.5 Å². The minimum Gasteiger partial charge on any atom is -0.376 e. The zero-order chi connectivity index (χ0) is 21.0. The first kappa shape index (κ1) is 21.3. The highest BCUT2D eigenvalue weighted by molar-refractivity contribution is 7.92. The average molecular weight is 417 g/mol. The molecule has 1 atom stereocenters. The Morgan fingerprint density at radius 3 is 2.52 bits per heavy atom. The van der Waals surface area contributed by atoms with Gasteiger partial charge in [-0.15, -0.1) is 0 Å². The standard InChI is InChI=1S/C22H28N2O4S/c1-16-9-11-20(12-10-16)29(26,27)24(21-8-4-6-17(2)18(21)3)15-22(25)23-14-19-7-5-13-28-19/h4,6,8-12,19H,5,7,13-15H2,1-3H3,(H,23,25)/t19-/m0/s1. The van der Waals surface area contributed by atoms with Crippen molar-refractivity contribution in [2.75, 3.05) is 24.0 Å². The van der Waals surface area contributed by atoms with Crippen LogP contribution in [-0.2, 0) is 19.6 Å². The molecule has 0 unspecified atom stereocenters. The number of anilines is 1. The minimum absolute atomic E-state index is 0.00168. The molecular weight excluding hydrogens is 388 g/mol. The molecule has 0 bridgehead atoms. The largest absolute Gasteiger partial charge is 0.376 e. The molecule has 0 aromatic heterocycles. The number of nitrogens with one attached hydrogen (secondary N) is 1. The van der Waals surface area contributed by atoms with E-state index in [1.165, 1.54) is 4.31 Å². The summed E-state index contributed by atoms with van der Waals surface area (Å²) in [5, 5.41) is 2.82. The Kier molecular flexibility index (Phi) is 6.59. The zero-order valence-corrected chi connectivity index (χ0v) is 18.0. The van der Waals surface area contributed by atoms with Crippen molar-refractivity contribution in [2.45, 2.75) is 44.6 Å². The van der Waals surface area contributed by atoms with Crippen molar-refractivity contribution in [1.82, 2.24) is 5.32 Å². The van der Waals surface area contributed by atoms with E-state index in [0.717, 1.165) is 29.5 Å². The summed E-state index contributed by atoms with van der Waals surface area (Å²) in [6.07, 6.45) is 1.89. The Balaban J connectivity index is 1.90. The third kappa shape index (κ3) is 4.97. The summed E-state index contributed by atoms with van der Waals surface area (Å²) in [5.41, 5.74) is 3.27. The summed E-state index contributed by atoms with van der Waals surface area (Å²) in [6, 6.07) is 12.1. The fourth-order valence-electron chi connectivity index (χ4n) is 3.36. The molecule has 0 saturated carbocycles. The van der Waals surface area contributed by atoms with Gasteiger partial charge in [0.05, 0.1) is 16.7 Å². The second-order valence-electron chi connectivity index (χ2n) is 7.48. The van der Waals surface area contributed by atoms with Crippen LogP contribution < -0.4 is 9.62 Å². The number of aryl methyl sites for hydroxylation is 2. The van der Waals surface area contributed by atoms with Crippen LogP contribution in [0.3, 0.4) is 0 Å². The zero-order valence-electron chi connectivity index (χ0n) is 17.1. The van der Waals surface area contributed by atoms with Gasteiger partial charge in [-0.2, -0.15) is 0 Å². The van der Waals surface area contributed by atoms with E-state index >= 15 is 0 Å². The Labute approximate surface area is 172 Å². The van der Waals surface area contributed by atoms with Gasteiger partial charge in [-0.05, 0) is 62.9 Å². The first-order valence-corrected chi connectivity index (χ1v) is 11.3. The number of rotatable bonds is 7. The van der Waals surface area contributed by atoms with E-state index in [9.17, 15) is 13.2 Å². The Morgan fingerprint density at radius 1 is 1.14 bits per heavy atom. The second-order valence-corrected chi connectivity index (χ2v) is 9.35. The molecular formula is C22H28N2O4S. The molecule has 29 heavy (non-hydrogen) atoms. The van der Waals surface area contributed by atoms with Crippen molar-refractivity contribution in [2.24, 2.45) is 0 Å². The first-order valence-electron chi connectivity index (χ1n) is 9.83. The normalized spacial score (nSPS) is 16.6. The predicted molar refractivity (Wildman–Crippen MR) is 114 cm³/mol. The Bertz CT molecular complexity index is 965. The number of nitrogens with zero attached hydrogens (tertiary/aromatic N) is 1. The van der Waals surface area contributed by atoms with Gasteiger partial charge >= 0.3 is 0 Å². The quantitative estimate of drug-likeness (QED) is 0.753. The van der Waals surface area contributed by atoms with Crippen LogP contribution in [0.15, 0.2) is 47.4 Å². The van der Waals surface area contributed by atoms with Crippen LogP contribution in [0, 0.1) is 20.8 Å². The van der Waals surface area contributed by atoms with Crippen LogP contribution in [0.4, 0.5) is 5.69 Å². The SMILES string of the molecule is Cc1ccc(S(=O)(=O)N(CC(=O)NC[C@@H]2CCCO2)c2cccc(C)c2C)cc1. The van der Waals surface area contributed by atoms with Crippen molar-refractivity contribution in [3.05, 3.63) is 59.2 Å². The monoisotopic (exact) mass is 416 g/mol. The van der Waals surface area contributed by atoms with Crippen molar-refractivity contribution < 1.29 is 17.9 Å². The molecule has 0 radical (unpaired) electrons. The third-order valence-corrected chi connectivity index (χ3v) is 7.07. The minimum atomic E-state index is -3.90. The maximum Gasteiger partial charge on any atom is 0.264 e. The number of ether oxygens (including phenoxy) is 1. The molecule has 0 spiro atoms. The number of carbonyl (C=O) groups excluding carboxylic acids is 1. The molecule has 2 aromatic carbocycles. The van der Waals surface area contributed by atoms with Gasteiger partial charge in [0.25, 0.3) is 10.0 Å². The molecule has 1 aliphatic rings. The lowest BCUT2D eigenvalue weighted by Crippen LogP contribution is -2.43. The molecule has 1 aliphatic heterocycles. The molecule has 3 rings (SSSR count). The summed E-state index contributed by atoms with van der Waals surface area (Å²) < 4.78 is 33.6. The summed E-state index contributed by atoms with van der Waals surface area (Å²) >= 11 is 0. The van der Waals surface area contributed by atoms with Crippen LogP contribution in [0.1, 0.15) is 29.5 Å². The Hall–Kier alpha value is -2.38. The summed E-state index contributed by atoms with van der Waals surface area (Å²) in [7, 11) is -3.90. The lowest BCUT2D eigenvalue weighted by Gasteiger charge is -2.26. The third-order valence-electron chi connectivity index (χ3n) is 5.29. The smallest absolute Gasteiger partial charge is 0.264 e. The second kappa shape index (κ2) is 8.97. The van der Waals surface area contributed by atoms with Gasteiger partial charge < -0.3 is 10.1 Å². The van der Waals surface area contributed by atoms with E-state index in [2.05, 4.69) is 5.32 Å². The van der Waals surface area contributed by atoms with E-state index < -0.39 is 10.0 Å². The maximum atomic E-state index is 13.4. The lowest BCUT2D eigenvalue weighted by atomic mass is 10.1. The lowest BCUT2D eigenvalue weighted by molar-refractivity contribution is -0.120. The number of amides is 1. The molecule has 156 valence electrons. The average Bonchev–Trinajstić information content (AvgIpc) is 3.21. The number of carbonyl (C=O) groups is 1. The van der Waals surface area contributed by atoms with Gasteiger partial charge in [-0.1, -0.05) is 29.8 Å². The van der Waals surface area contributed by atoms with Gasteiger partial charge in [-0.3, -0.25) is 9.10 Å². The summed E-state index contributed by atoms with van der Waals surface area (Å²) in [5.74, 6) is -0.350. The highest BCUT2D eigenvalue weighted by atomic mass is 32.2. The fourth-order valence-corrected chi connectivity index (χ4v) is 4.84. The number of sulfonamides is 1. The van der Waals surface area contributed by atoms with Crippen molar-refractivity contribution >= 4 is 21.6 Å². The number of hydrogen-bond acceptors (Lipinski definition) is 4. The number of benzene rings is 2. The van der Waals surface area contributed by atoms with Crippen LogP contribution in [-0.4, -0.2) is 40.1 Å². The molecule has 2 aromatic rings. The van der Waals surface area contributed by atoms with E-state index in [1.807, 2.05) is 26.8 Å². The molecule has 0 aliphatic carbocycles. The highest BCUT2D eigenvalue weighted by Crippen LogP contribution is 2.28. The molecule has 1 N–H and O–H groups in total. The molecule has 1 fully saturated rings. The maximum absolute atomic E-state index is 13.4. The van der Waals surface area contributed by atoms with Gasteiger partial charge in [0.15, 0.2) is 0 Å². The van der Waals surface area contributed by atoms with Crippen LogP contribution in [0.5, 0.6) is 0 Å². The molecule has 1 saturated heterocycles. The molecule has 1 amide bonds. The fraction of sp³-hybridized carbons (Fsp3) is 0.409. The van der Waals surface area contributed by atoms with Crippen LogP contribution in [0.25, 0.3) is 0 Å². The van der Waals surface area contributed by atoms with Gasteiger partial charge in [0, 0.05) is 13.2 Å². The predicted octanol–water partition coefficient (Wildman–Crippen LogP) is 3.10. The van der Waals surface area contributed by atoms with E-state index in [0.29, 0.717) is 18.8 Å². The highest BCUT2D eigenvalue weighted by Gasteiger charge is 2.29. The van der Waals surface area contributed by atoms with E-state index in [1.54, 1.807) is 36.4 Å². The Morgan fingerprint density at radius 2 is 1.86 bits per heavy atom. The van der Waals surface area contributed by atoms with Gasteiger partial charge in [0.2, 0.25) is 5.91 Å². The summed E-state index contributed by atoms with van der Waals surface area (Å²) in [6.45, 7) is 6.51.